The van der Waals surface area contributed by atoms with E-state index in [9.17, 15) is 13.8 Å². The van der Waals surface area contributed by atoms with Gasteiger partial charge < -0.3 is 15.3 Å². The van der Waals surface area contributed by atoms with E-state index in [2.05, 4.69) is 5.32 Å². The predicted molar refractivity (Wildman–Crippen MR) is 62.2 cm³/mol. The Bertz CT molecular complexity index is 357. The van der Waals surface area contributed by atoms with E-state index in [-0.39, 0.29) is 12.6 Å². The zero-order valence-corrected chi connectivity index (χ0v) is 10.3. The molecule has 6 nitrogen and oxygen atoms in total. The van der Waals surface area contributed by atoms with Crippen molar-refractivity contribution in [2.45, 2.75) is 12.8 Å². The number of urea groups is 1. The number of carbonyl (C=O) groups excluding carboxylic acids is 1. The van der Waals surface area contributed by atoms with E-state index in [4.69, 9.17) is 5.11 Å². The normalized spacial score (nSPS) is 23.2. The van der Waals surface area contributed by atoms with Gasteiger partial charge in [0.2, 0.25) is 0 Å². The fourth-order valence-electron chi connectivity index (χ4n) is 1.81. The van der Waals surface area contributed by atoms with Crippen LogP contribution < -0.4 is 5.32 Å². The number of amides is 2. The van der Waals surface area contributed by atoms with Crippen LogP contribution in [0.2, 0.25) is 0 Å². The molecule has 1 heterocycles. The van der Waals surface area contributed by atoms with Crippen LogP contribution in [0.1, 0.15) is 12.8 Å². The third-order valence-electron chi connectivity index (χ3n) is 3.35. The highest BCUT2D eigenvalue weighted by Crippen LogP contribution is 2.45. The van der Waals surface area contributed by atoms with Crippen LogP contribution in [0.4, 0.5) is 4.79 Å². The molecule has 2 rings (SSSR count). The molecule has 0 radical (unpaired) electrons. The minimum atomic E-state index is -0.836. The van der Waals surface area contributed by atoms with Crippen molar-refractivity contribution in [3.8, 4) is 0 Å². The molecule has 2 fully saturated rings. The van der Waals surface area contributed by atoms with Gasteiger partial charge in [0.25, 0.3) is 0 Å². The molecule has 0 spiro atoms. The Morgan fingerprint density at radius 3 is 2.35 bits per heavy atom. The number of carboxylic acid groups (broad SMARTS) is 1. The van der Waals surface area contributed by atoms with Gasteiger partial charge in [0.15, 0.2) is 0 Å². The number of hydrogen-bond donors (Lipinski definition) is 2. The quantitative estimate of drug-likeness (QED) is 0.724. The second-order valence-electron chi connectivity index (χ2n) is 4.58. The molecule has 0 atom stereocenters. The number of aliphatic carboxylic acids is 1. The van der Waals surface area contributed by atoms with Crippen molar-refractivity contribution >= 4 is 22.8 Å². The maximum atomic E-state index is 11.7. The lowest BCUT2D eigenvalue weighted by atomic mass is 10.1. The first-order chi connectivity index (χ1) is 8.03. The van der Waals surface area contributed by atoms with Gasteiger partial charge in [-0.2, -0.15) is 0 Å². The number of carboxylic acids is 1. The largest absolute Gasteiger partial charge is 0.481 e. The zero-order valence-electron chi connectivity index (χ0n) is 9.48. The molecular formula is C10H16N2O4S. The molecule has 0 unspecified atom stereocenters. The SMILES string of the molecule is O=C(NCC1(C(=O)O)CC1)N1CCS(=O)CC1. The molecule has 1 saturated heterocycles. The highest BCUT2D eigenvalue weighted by molar-refractivity contribution is 7.85. The Morgan fingerprint density at radius 1 is 1.29 bits per heavy atom. The topological polar surface area (TPSA) is 86.7 Å². The first-order valence-electron chi connectivity index (χ1n) is 5.65. The van der Waals surface area contributed by atoms with Crippen LogP contribution in [-0.4, -0.2) is 57.4 Å². The lowest BCUT2D eigenvalue weighted by Gasteiger charge is -2.27. The van der Waals surface area contributed by atoms with Crippen LogP contribution in [0.5, 0.6) is 0 Å². The van der Waals surface area contributed by atoms with Crippen LogP contribution >= 0.6 is 0 Å². The summed E-state index contributed by atoms with van der Waals surface area (Å²) in [5.74, 6) is 0.187. The summed E-state index contributed by atoms with van der Waals surface area (Å²) in [6.07, 6.45) is 1.26. The molecule has 2 aliphatic rings. The summed E-state index contributed by atoms with van der Waals surface area (Å²) >= 11 is 0. The van der Waals surface area contributed by atoms with Crippen LogP contribution in [0.3, 0.4) is 0 Å². The summed E-state index contributed by atoms with van der Waals surface area (Å²) in [6.45, 7) is 1.16. The first kappa shape index (κ1) is 12.3. The third kappa shape index (κ3) is 2.77. The molecule has 7 heteroatoms. The standard InChI is InChI=1S/C10H16N2O4S/c13-8(14)10(1-2-10)7-11-9(15)12-3-5-17(16)6-4-12/h1-7H2,(H,11,15)(H,13,14). The summed E-state index contributed by atoms with van der Waals surface area (Å²) in [6, 6.07) is -0.241. The number of rotatable bonds is 3. The van der Waals surface area contributed by atoms with E-state index in [1.807, 2.05) is 0 Å². The van der Waals surface area contributed by atoms with Gasteiger partial charge in [0.05, 0.1) is 5.41 Å². The Labute approximate surface area is 102 Å². The van der Waals surface area contributed by atoms with Gasteiger partial charge in [-0.1, -0.05) is 0 Å². The highest BCUT2D eigenvalue weighted by Gasteiger charge is 2.50. The van der Waals surface area contributed by atoms with Crippen LogP contribution in [0, 0.1) is 5.41 Å². The number of hydrogen-bond acceptors (Lipinski definition) is 3. The van der Waals surface area contributed by atoms with E-state index in [0.717, 1.165) is 0 Å². The van der Waals surface area contributed by atoms with E-state index in [1.165, 1.54) is 0 Å². The number of carbonyl (C=O) groups is 2. The molecule has 0 aromatic carbocycles. The Balaban J connectivity index is 1.78. The maximum Gasteiger partial charge on any atom is 0.317 e. The van der Waals surface area contributed by atoms with E-state index < -0.39 is 22.2 Å². The second-order valence-corrected chi connectivity index (χ2v) is 6.28. The van der Waals surface area contributed by atoms with Gasteiger partial charge in [-0.05, 0) is 12.8 Å². The van der Waals surface area contributed by atoms with Crippen molar-refractivity contribution in [2.75, 3.05) is 31.1 Å². The van der Waals surface area contributed by atoms with E-state index in [0.29, 0.717) is 37.4 Å². The van der Waals surface area contributed by atoms with E-state index >= 15 is 0 Å². The number of nitrogens with one attached hydrogen (secondary N) is 1. The average Bonchev–Trinajstić information content (AvgIpc) is 3.08. The van der Waals surface area contributed by atoms with Gasteiger partial charge in [-0.25, -0.2) is 4.79 Å². The highest BCUT2D eigenvalue weighted by atomic mass is 32.2. The zero-order chi connectivity index (χ0) is 12.5. The summed E-state index contributed by atoms with van der Waals surface area (Å²) in [5.41, 5.74) is -0.728. The maximum absolute atomic E-state index is 11.7. The Kier molecular flexibility index (Phi) is 3.37. The summed E-state index contributed by atoms with van der Waals surface area (Å²) < 4.78 is 11.1. The Hall–Kier alpha value is -1.11. The summed E-state index contributed by atoms with van der Waals surface area (Å²) in [4.78, 5) is 24.2. The van der Waals surface area contributed by atoms with E-state index in [1.54, 1.807) is 4.90 Å². The van der Waals surface area contributed by atoms with Crippen LogP contribution in [-0.2, 0) is 15.6 Å². The molecule has 2 amide bonds. The first-order valence-corrected chi connectivity index (χ1v) is 7.13. The Morgan fingerprint density at radius 2 is 1.88 bits per heavy atom. The molecule has 96 valence electrons. The van der Waals surface area contributed by atoms with Crippen LogP contribution in [0.15, 0.2) is 0 Å². The van der Waals surface area contributed by atoms with Gasteiger partial charge in [0.1, 0.15) is 0 Å². The van der Waals surface area contributed by atoms with Crippen molar-refractivity contribution in [2.24, 2.45) is 5.41 Å². The lowest BCUT2D eigenvalue weighted by Crippen LogP contribution is -2.48. The lowest BCUT2D eigenvalue weighted by molar-refractivity contribution is -0.143. The molecular weight excluding hydrogens is 244 g/mol. The van der Waals surface area contributed by atoms with Gasteiger partial charge in [0, 0.05) is 41.9 Å². The molecule has 0 aromatic rings. The molecule has 1 aliphatic carbocycles. The second kappa shape index (κ2) is 4.64. The van der Waals surface area contributed by atoms with Crippen molar-refractivity contribution in [3.05, 3.63) is 0 Å². The fourth-order valence-corrected chi connectivity index (χ4v) is 2.87. The van der Waals surface area contributed by atoms with Crippen molar-refractivity contribution in [3.63, 3.8) is 0 Å². The minimum Gasteiger partial charge on any atom is -0.481 e. The molecule has 2 N–H and O–H groups in total. The van der Waals surface area contributed by atoms with Crippen LogP contribution in [0.25, 0.3) is 0 Å². The minimum absolute atomic E-state index is 0.195. The van der Waals surface area contributed by atoms with Gasteiger partial charge >= 0.3 is 12.0 Å². The molecule has 1 saturated carbocycles. The number of nitrogens with zero attached hydrogens (tertiary/aromatic N) is 1. The third-order valence-corrected chi connectivity index (χ3v) is 4.63. The fraction of sp³-hybridized carbons (Fsp3) is 0.800. The summed E-state index contributed by atoms with van der Waals surface area (Å²) in [5, 5.41) is 11.6. The molecule has 0 aromatic heterocycles. The smallest absolute Gasteiger partial charge is 0.317 e. The predicted octanol–water partition coefficient (Wildman–Crippen LogP) is -0.375. The van der Waals surface area contributed by atoms with Crippen molar-refractivity contribution in [1.82, 2.24) is 10.2 Å². The molecule has 0 bridgehead atoms. The molecule has 1 aliphatic heterocycles. The van der Waals surface area contributed by atoms with Gasteiger partial charge in [-0.3, -0.25) is 9.00 Å². The van der Waals surface area contributed by atoms with Gasteiger partial charge in [-0.15, -0.1) is 0 Å². The monoisotopic (exact) mass is 260 g/mol. The summed E-state index contributed by atoms with van der Waals surface area (Å²) in [7, 11) is -0.809. The average molecular weight is 260 g/mol. The molecule has 17 heavy (non-hydrogen) atoms. The van der Waals surface area contributed by atoms with Crippen molar-refractivity contribution < 1.29 is 18.9 Å². The van der Waals surface area contributed by atoms with Crippen molar-refractivity contribution in [1.29, 1.82) is 0 Å².